The third kappa shape index (κ3) is 7.00. The Bertz CT molecular complexity index is 4060. The highest BCUT2D eigenvalue weighted by molar-refractivity contribution is 6.10. The van der Waals surface area contributed by atoms with E-state index in [4.69, 9.17) is 18.7 Å². The number of nitrogens with zero attached hydrogens (tertiary/aromatic N) is 6. The van der Waals surface area contributed by atoms with E-state index < -0.39 is 60.4 Å². The van der Waals surface area contributed by atoms with Crippen molar-refractivity contribution >= 4 is 49.9 Å². The first-order chi connectivity index (χ1) is 36.0. The maximum atomic E-state index is 9.85. The van der Waals surface area contributed by atoms with Gasteiger partial charge in [0, 0.05) is 34.0 Å². The van der Waals surface area contributed by atoms with Crippen LogP contribution < -0.4 is 9.47 Å². The van der Waals surface area contributed by atoms with Crippen LogP contribution >= 0.6 is 0 Å². The molecule has 0 saturated carbocycles. The van der Waals surface area contributed by atoms with Crippen LogP contribution in [0, 0.1) is 17.7 Å². The smallest absolute Gasteiger partial charge is 0.269 e. The second-order valence-electron chi connectivity index (χ2n) is 16.7. The van der Waals surface area contributed by atoms with Crippen molar-refractivity contribution in [1.82, 2.24) is 14.1 Å². The molecule has 65 heavy (non-hydrogen) atoms. The van der Waals surface area contributed by atoms with Crippen LogP contribution in [0.3, 0.4) is 0 Å². The van der Waals surface area contributed by atoms with Crippen LogP contribution in [0.4, 0.5) is 17.1 Å². The molecule has 0 aliphatic heterocycles. The SMILES string of the molecule is [2H]c1c([2H])c([2H])c(-c2cccc(-c3c([2H])c([2H])c([2H])c([2H])c3[2H])c2-[n+]2[c-]n(-c3cccc(N(c4ccc(C#N)cc4)c4ccc5c6ccccc6n(-c6cc(C(C)(C)C)ccn6)c5c4)c3)c3ccccc32)c([2H])c1[2H]. The number of aromatic nitrogens is 4. The summed E-state index contributed by atoms with van der Waals surface area (Å²) in [7, 11) is 0. The first kappa shape index (κ1) is 29.7. The van der Waals surface area contributed by atoms with E-state index in [1.54, 1.807) is 34.9 Å². The van der Waals surface area contributed by atoms with Crippen molar-refractivity contribution in [3.63, 3.8) is 0 Å². The van der Waals surface area contributed by atoms with Gasteiger partial charge < -0.3 is 4.90 Å². The van der Waals surface area contributed by atoms with Gasteiger partial charge in [-0.2, -0.15) is 5.26 Å². The summed E-state index contributed by atoms with van der Waals surface area (Å²) in [6.45, 7) is 6.54. The topological polar surface area (TPSA) is 53.7 Å². The standard InChI is InChI=1S/C59H44N6/c1-59(2,3)44-34-35-61-57(36-44)65-53-25-11-10-22-51(53)52-33-32-48(38-56(52)65)64(45-30-28-41(39-60)29-31-45)47-21-14-20-46(37-47)62-40-63(55-27-13-12-26-54(55)62)58-49(42-16-6-4-7-17-42)23-15-24-50(58)43-18-8-5-9-19-43/h4-38H,1-3H3/i4D,5D,6D,7D,8D,9D,16D,17D,18D,19D. The lowest BCUT2D eigenvalue weighted by Gasteiger charge is -2.26. The molecule has 0 atom stereocenters. The second kappa shape index (κ2) is 16.0. The summed E-state index contributed by atoms with van der Waals surface area (Å²) in [6, 6.07) is 43.1. The molecule has 6 heteroatoms. The van der Waals surface area contributed by atoms with Crippen molar-refractivity contribution in [2.45, 2.75) is 26.2 Å². The summed E-state index contributed by atoms with van der Waals surface area (Å²) in [5.74, 6) is 0.781. The van der Waals surface area contributed by atoms with E-state index in [1.807, 2.05) is 89.6 Å². The van der Waals surface area contributed by atoms with E-state index in [-0.39, 0.29) is 33.4 Å². The van der Waals surface area contributed by atoms with Crippen molar-refractivity contribution in [3.05, 3.63) is 230 Å². The lowest BCUT2D eigenvalue weighted by atomic mass is 9.88. The van der Waals surface area contributed by atoms with Gasteiger partial charge in [0.1, 0.15) is 5.82 Å². The molecule has 11 rings (SSSR count). The summed E-state index contributed by atoms with van der Waals surface area (Å²) in [5, 5.41) is 12.0. The Morgan fingerprint density at radius 1 is 0.615 bits per heavy atom. The lowest BCUT2D eigenvalue weighted by molar-refractivity contribution is -0.571. The summed E-state index contributed by atoms with van der Waals surface area (Å²) in [4.78, 5) is 7.02. The first-order valence-electron chi connectivity index (χ1n) is 26.1. The van der Waals surface area contributed by atoms with Gasteiger partial charge in [0.2, 0.25) is 0 Å². The molecule has 6 nitrogen and oxygen atoms in total. The molecule has 3 heterocycles. The number of anilines is 3. The predicted octanol–water partition coefficient (Wildman–Crippen LogP) is 14.2. The number of fused-ring (bicyclic) bond motifs is 4. The highest BCUT2D eigenvalue weighted by Gasteiger charge is 2.23. The Kier molecular flexibility index (Phi) is 7.31. The lowest BCUT2D eigenvalue weighted by Crippen LogP contribution is -2.31. The largest absolute Gasteiger partial charge is 0.311 e. The second-order valence-corrected chi connectivity index (χ2v) is 16.7. The molecule has 0 unspecified atom stereocenters. The highest BCUT2D eigenvalue weighted by Crippen LogP contribution is 2.41. The van der Waals surface area contributed by atoms with Gasteiger partial charge in [-0.3, -0.25) is 13.7 Å². The average molecular weight is 847 g/mol. The van der Waals surface area contributed by atoms with Gasteiger partial charge in [0.15, 0.2) is 0 Å². The number of hydrogen-bond donors (Lipinski definition) is 0. The van der Waals surface area contributed by atoms with E-state index in [2.05, 4.69) is 79.0 Å². The Hall–Kier alpha value is -8.53. The maximum absolute atomic E-state index is 9.85. The number of nitriles is 1. The number of imidazole rings is 1. The monoisotopic (exact) mass is 846 g/mol. The highest BCUT2D eigenvalue weighted by atomic mass is 15.2. The molecule has 0 spiro atoms. The number of rotatable bonds is 8. The zero-order chi connectivity index (χ0) is 52.8. The number of hydrogen-bond acceptors (Lipinski definition) is 3. The molecule has 8 aromatic carbocycles. The maximum Gasteiger partial charge on any atom is 0.269 e. The molecule has 0 N–H and O–H groups in total. The van der Waals surface area contributed by atoms with Gasteiger partial charge in [-0.15, -0.1) is 0 Å². The van der Waals surface area contributed by atoms with Crippen LogP contribution in [0.1, 0.15) is 45.6 Å². The van der Waals surface area contributed by atoms with Crippen LogP contribution in [0.2, 0.25) is 0 Å². The normalized spacial score (nSPS) is 13.8. The Balaban J connectivity index is 1.15. The van der Waals surface area contributed by atoms with Crippen LogP contribution in [0.25, 0.3) is 72.3 Å². The van der Waals surface area contributed by atoms with E-state index >= 15 is 0 Å². The summed E-state index contributed by atoms with van der Waals surface area (Å²) in [5.41, 5.74) is 7.78. The molecule has 0 amide bonds. The fourth-order valence-corrected chi connectivity index (χ4v) is 8.63. The average Bonchev–Trinajstić information content (AvgIpc) is 3.97. The minimum atomic E-state index is -0.576. The fourth-order valence-electron chi connectivity index (χ4n) is 8.63. The minimum absolute atomic E-state index is 0.124. The van der Waals surface area contributed by atoms with Gasteiger partial charge >= 0.3 is 0 Å². The van der Waals surface area contributed by atoms with Crippen molar-refractivity contribution in [2.75, 3.05) is 4.90 Å². The van der Waals surface area contributed by atoms with Crippen molar-refractivity contribution in [1.29, 1.82) is 5.26 Å². The Labute approximate surface area is 392 Å². The van der Waals surface area contributed by atoms with Gasteiger partial charge in [-0.1, -0.05) is 154 Å². The van der Waals surface area contributed by atoms with E-state index in [1.165, 1.54) is 0 Å². The van der Waals surface area contributed by atoms with Crippen molar-refractivity contribution < 1.29 is 18.3 Å². The predicted molar refractivity (Wildman–Crippen MR) is 265 cm³/mol. The summed E-state index contributed by atoms with van der Waals surface area (Å²) >= 11 is 0. The number of para-hydroxylation sites is 4. The van der Waals surface area contributed by atoms with Crippen LogP contribution in [0.15, 0.2) is 212 Å². The molecule has 0 radical (unpaired) electrons. The van der Waals surface area contributed by atoms with Crippen molar-refractivity contribution in [3.8, 4) is 45.5 Å². The molecule has 0 fully saturated rings. The fraction of sp³-hybridized carbons (Fsp3) is 0.0678. The van der Waals surface area contributed by atoms with Crippen LogP contribution in [-0.2, 0) is 5.41 Å². The number of benzene rings is 8. The Morgan fingerprint density at radius 3 is 1.95 bits per heavy atom. The van der Waals surface area contributed by atoms with E-state index in [9.17, 15) is 5.26 Å². The molecule has 0 aliphatic carbocycles. The van der Waals surface area contributed by atoms with E-state index in [0.717, 1.165) is 50.2 Å². The molecular weight excluding hydrogens is 793 g/mol. The molecular formula is C59H44N6. The van der Waals surface area contributed by atoms with Crippen molar-refractivity contribution in [2.24, 2.45) is 0 Å². The molecule has 0 aliphatic rings. The van der Waals surface area contributed by atoms with Gasteiger partial charge in [0.25, 0.3) is 6.33 Å². The quantitative estimate of drug-likeness (QED) is 0.113. The van der Waals surface area contributed by atoms with Crippen LogP contribution in [-0.4, -0.2) is 14.1 Å². The molecule has 0 bridgehead atoms. The zero-order valence-electron chi connectivity index (χ0n) is 45.6. The third-order valence-electron chi connectivity index (χ3n) is 11.7. The van der Waals surface area contributed by atoms with E-state index in [0.29, 0.717) is 22.3 Å². The zero-order valence-corrected chi connectivity index (χ0v) is 35.6. The van der Waals surface area contributed by atoms with Gasteiger partial charge in [-0.05, 0) is 106 Å². The third-order valence-corrected chi connectivity index (χ3v) is 11.7. The van der Waals surface area contributed by atoms with Gasteiger partial charge in [-0.25, -0.2) is 4.98 Å². The Morgan fingerprint density at radius 2 is 1.25 bits per heavy atom. The minimum Gasteiger partial charge on any atom is -0.311 e. The molecule has 3 aromatic heterocycles. The van der Waals surface area contributed by atoms with Crippen LogP contribution in [0.5, 0.6) is 0 Å². The summed E-state index contributed by atoms with van der Waals surface area (Å²) < 4.78 is 93.4. The number of pyridine rings is 1. The molecule has 11 aromatic rings. The summed E-state index contributed by atoms with van der Waals surface area (Å²) in [6.07, 6.45) is 5.36. The first-order valence-corrected chi connectivity index (χ1v) is 21.1. The van der Waals surface area contributed by atoms with Gasteiger partial charge in [0.05, 0.1) is 58.8 Å². The molecule has 310 valence electrons. The molecule has 0 saturated heterocycles.